The number of carbonyl (C=O) groups excluding carboxylic acids is 3. The number of aromatic nitrogens is 3. The summed E-state index contributed by atoms with van der Waals surface area (Å²) in [4.78, 5) is 48.4. The lowest BCUT2D eigenvalue weighted by Gasteiger charge is -2.23. The van der Waals surface area contributed by atoms with Gasteiger partial charge in [-0.2, -0.15) is 0 Å². The predicted molar refractivity (Wildman–Crippen MR) is 108 cm³/mol. The van der Waals surface area contributed by atoms with E-state index in [1.807, 2.05) is 0 Å². The third kappa shape index (κ3) is 5.62. The third-order valence-electron chi connectivity index (χ3n) is 5.01. The monoisotopic (exact) mass is 415 g/mol. The highest BCUT2D eigenvalue weighted by Crippen LogP contribution is 2.17. The van der Waals surface area contributed by atoms with E-state index in [4.69, 9.17) is 4.74 Å². The summed E-state index contributed by atoms with van der Waals surface area (Å²) in [6.07, 6.45) is 3.73. The number of imide groups is 1. The molecule has 3 rings (SSSR count). The van der Waals surface area contributed by atoms with E-state index in [1.165, 1.54) is 6.92 Å². The van der Waals surface area contributed by atoms with Crippen LogP contribution in [0.5, 0.6) is 0 Å². The molecule has 2 N–H and O–H groups in total. The van der Waals surface area contributed by atoms with E-state index in [1.54, 1.807) is 24.3 Å². The predicted octanol–water partition coefficient (Wildman–Crippen LogP) is 1.27. The number of carbonyl (C=O) groups is 3. The van der Waals surface area contributed by atoms with Crippen LogP contribution in [0, 0.1) is 0 Å². The normalized spacial score (nSPS) is 15.4. The minimum absolute atomic E-state index is 0.0357. The van der Waals surface area contributed by atoms with E-state index in [9.17, 15) is 19.2 Å². The van der Waals surface area contributed by atoms with E-state index in [0.717, 1.165) is 36.8 Å². The molecule has 1 heterocycles. The SMILES string of the molecule is CC(OC(=O)CCn1nnc2ccccc2c1=O)C(=O)NC(=O)NC1CCCCC1. The Labute approximate surface area is 173 Å². The highest BCUT2D eigenvalue weighted by atomic mass is 16.5. The van der Waals surface area contributed by atoms with Gasteiger partial charge in [-0.05, 0) is 31.9 Å². The molecule has 1 fully saturated rings. The van der Waals surface area contributed by atoms with Gasteiger partial charge in [0.15, 0.2) is 6.10 Å². The van der Waals surface area contributed by atoms with E-state index in [-0.39, 0.29) is 24.6 Å². The number of ether oxygens (including phenoxy) is 1. The molecule has 10 heteroatoms. The smallest absolute Gasteiger partial charge is 0.321 e. The Kier molecular flexibility index (Phi) is 7.10. The van der Waals surface area contributed by atoms with Gasteiger partial charge in [0.05, 0.1) is 18.4 Å². The molecule has 1 aromatic heterocycles. The van der Waals surface area contributed by atoms with Crippen LogP contribution in [-0.2, 0) is 20.9 Å². The Bertz CT molecular complexity index is 983. The molecule has 1 aliphatic rings. The van der Waals surface area contributed by atoms with Crippen LogP contribution < -0.4 is 16.2 Å². The number of amides is 3. The van der Waals surface area contributed by atoms with E-state index < -0.39 is 24.0 Å². The van der Waals surface area contributed by atoms with Crippen molar-refractivity contribution in [3.05, 3.63) is 34.6 Å². The van der Waals surface area contributed by atoms with Crippen molar-refractivity contribution >= 4 is 28.8 Å². The zero-order chi connectivity index (χ0) is 21.5. The van der Waals surface area contributed by atoms with Crippen molar-refractivity contribution in [1.29, 1.82) is 0 Å². The van der Waals surface area contributed by atoms with Crippen LogP contribution in [0.4, 0.5) is 4.79 Å². The first-order valence-corrected chi connectivity index (χ1v) is 10.1. The summed E-state index contributed by atoms with van der Waals surface area (Å²) in [5.74, 6) is -1.40. The summed E-state index contributed by atoms with van der Waals surface area (Å²) in [5, 5.41) is 13.1. The Morgan fingerprint density at radius 2 is 1.93 bits per heavy atom. The van der Waals surface area contributed by atoms with Gasteiger partial charge in [-0.1, -0.05) is 36.6 Å². The molecular formula is C20H25N5O5. The van der Waals surface area contributed by atoms with Gasteiger partial charge < -0.3 is 10.1 Å². The van der Waals surface area contributed by atoms with Gasteiger partial charge in [0.1, 0.15) is 5.52 Å². The number of rotatable bonds is 6. The minimum Gasteiger partial charge on any atom is -0.452 e. The van der Waals surface area contributed by atoms with Crippen molar-refractivity contribution in [3.8, 4) is 0 Å². The molecular weight excluding hydrogens is 390 g/mol. The van der Waals surface area contributed by atoms with E-state index in [0.29, 0.717) is 10.9 Å². The fraction of sp³-hybridized carbons (Fsp3) is 0.500. The lowest BCUT2D eigenvalue weighted by Crippen LogP contribution is -2.48. The molecule has 0 saturated heterocycles. The van der Waals surface area contributed by atoms with E-state index >= 15 is 0 Å². The average molecular weight is 415 g/mol. The molecule has 0 aliphatic heterocycles. The van der Waals surface area contributed by atoms with Crippen LogP contribution >= 0.6 is 0 Å². The molecule has 1 aliphatic carbocycles. The van der Waals surface area contributed by atoms with Crippen LogP contribution in [0.1, 0.15) is 45.4 Å². The van der Waals surface area contributed by atoms with Crippen molar-refractivity contribution < 1.29 is 19.1 Å². The van der Waals surface area contributed by atoms with Gasteiger partial charge in [0.2, 0.25) is 0 Å². The minimum atomic E-state index is -1.14. The van der Waals surface area contributed by atoms with Crippen molar-refractivity contribution in [2.75, 3.05) is 0 Å². The second kappa shape index (κ2) is 9.95. The van der Waals surface area contributed by atoms with Gasteiger partial charge in [0, 0.05) is 6.04 Å². The van der Waals surface area contributed by atoms with Crippen molar-refractivity contribution in [1.82, 2.24) is 25.6 Å². The quantitative estimate of drug-likeness (QED) is 0.679. The van der Waals surface area contributed by atoms with Crippen LogP contribution in [0.3, 0.4) is 0 Å². The molecule has 2 aromatic rings. The number of esters is 1. The fourth-order valence-electron chi connectivity index (χ4n) is 3.36. The molecule has 30 heavy (non-hydrogen) atoms. The second-order valence-electron chi connectivity index (χ2n) is 7.31. The fourth-order valence-corrected chi connectivity index (χ4v) is 3.36. The van der Waals surface area contributed by atoms with Crippen LogP contribution in [0.25, 0.3) is 10.9 Å². The highest BCUT2D eigenvalue weighted by molar-refractivity contribution is 5.97. The van der Waals surface area contributed by atoms with Crippen LogP contribution in [0.15, 0.2) is 29.1 Å². The van der Waals surface area contributed by atoms with Crippen LogP contribution in [0.2, 0.25) is 0 Å². The Morgan fingerprint density at radius 1 is 1.20 bits per heavy atom. The van der Waals surface area contributed by atoms with Gasteiger partial charge >= 0.3 is 12.0 Å². The summed E-state index contributed by atoms with van der Waals surface area (Å²) >= 11 is 0. The molecule has 3 amide bonds. The summed E-state index contributed by atoms with van der Waals surface area (Å²) in [7, 11) is 0. The maximum Gasteiger partial charge on any atom is 0.321 e. The largest absolute Gasteiger partial charge is 0.452 e. The number of urea groups is 1. The van der Waals surface area contributed by atoms with Gasteiger partial charge in [-0.3, -0.25) is 19.7 Å². The first-order valence-electron chi connectivity index (χ1n) is 10.1. The van der Waals surface area contributed by atoms with E-state index in [2.05, 4.69) is 20.9 Å². The number of benzene rings is 1. The molecule has 1 atom stereocenters. The zero-order valence-corrected chi connectivity index (χ0v) is 16.8. The number of hydrogen-bond acceptors (Lipinski definition) is 7. The number of hydrogen-bond donors (Lipinski definition) is 2. The maximum atomic E-state index is 12.4. The van der Waals surface area contributed by atoms with Crippen molar-refractivity contribution in [3.63, 3.8) is 0 Å². The summed E-state index contributed by atoms with van der Waals surface area (Å²) in [6, 6.07) is 6.24. The van der Waals surface area contributed by atoms with Crippen molar-refractivity contribution in [2.45, 2.75) is 64.1 Å². The molecule has 0 spiro atoms. The molecule has 1 aromatic carbocycles. The molecule has 1 unspecified atom stereocenters. The molecule has 1 saturated carbocycles. The Morgan fingerprint density at radius 3 is 2.70 bits per heavy atom. The summed E-state index contributed by atoms with van der Waals surface area (Å²) in [5.41, 5.74) is 0.108. The number of aryl methyl sites for hydroxylation is 1. The lowest BCUT2D eigenvalue weighted by atomic mass is 9.96. The van der Waals surface area contributed by atoms with Gasteiger partial charge in [0.25, 0.3) is 11.5 Å². The standard InChI is InChI=1S/C20H25N5O5/c1-13(18(27)22-20(29)21-14-7-3-2-4-8-14)30-17(26)11-12-25-19(28)15-9-5-6-10-16(15)23-24-25/h5-6,9-10,13-14H,2-4,7-8,11-12H2,1H3,(H2,21,22,27,29). The summed E-state index contributed by atoms with van der Waals surface area (Å²) in [6.45, 7) is 1.34. The first kappa shape index (κ1) is 21.4. The van der Waals surface area contributed by atoms with Crippen LogP contribution in [-0.4, -0.2) is 45.0 Å². The molecule has 10 nitrogen and oxygen atoms in total. The Hall–Kier alpha value is -3.30. The summed E-state index contributed by atoms with van der Waals surface area (Å²) < 4.78 is 6.13. The topological polar surface area (TPSA) is 132 Å². The molecule has 0 bridgehead atoms. The molecule has 160 valence electrons. The third-order valence-corrected chi connectivity index (χ3v) is 5.01. The van der Waals surface area contributed by atoms with Gasteiger partial charge in [-0.25, -0.2) is 9.48 Å². The average Bonchev–Trinajstić information content (AvgIpc) is 2.74. The highest BCUT2D eigenvalue weighted by Gasteiger charge is 2.22. The zero-order valence-electron chi connectivity index (χ0n) is 16.8. The first-order chi connectivity index (χ1) is 14.4. The van der Waals surface area contributed by atoms with Gasteiger partial charge in [-0.15, -0.1) is 5.10 Å². The number of nitrogens with one attached hydrogen (secondary N) is 2. The Balaban J connectivity index is 1.46. The maximum absolute atomic E-state index is 12.4. The number of nitrogens with zero attached hydrogens (tertiary/aromatic N) is 3. The second-order valence-corrected chi connectivity index (χ2v) is 7.31. The lowest BCUT2D eigenvalue weighted by molar-refractivity contribution is -0.154. The molecule has 0 radical (unpaired) electrons. The van der Waals surface area contributed by atoms with Crippen molar-refractivity contribution in [2.24, 2.45) is 0 Å². The number of fused-ring (bicyclic) bond motifs is 1.